The van der Waals surface area contributed by atoms with Gasteiger partial charge in [-0.2, -0.15) is 0 Å². The Labute approximate surface area is 192 Å². The number of amides is 1. The Bertz CT molecular complexity index is 918. The van der Waals surface area contributed by atoms with Gasteiger partial charge in [-0.05, 0) is 48.2 Å². The SMILES string of the molecule is CCC[C@@H](CO)N1C(=O)[C@@H](CC(=O)O)CC(c2cccc(Cl)c2)[C@H]1c1ccc(Cl)cc1. The van der Waals surface area contributed by atoms with E-state index >= 15 is 0 Å². The molecule has 2 N–H and O–H groups in total. The van der Waals surface area contributed by atoms with Crippen molar-refractivity contribution < 1.29 is 19.8 Å². The lowest BCUT2D eigenvalue weighted by Crippen LogP contribution is -2.53. The van der Waals surface area contributed by atoms with Crippen LogP contribution in [0.4, 0.5) is 0 Å². The molecule has 0 saturated carbocycles. The zero-order valence-corrected chi connectivity index (χ0v) is 18.9. The van der Waals surface area contributed by atoms with Gasteiger partial charge in [0.25, 0.3) is 0 Å². The van der Waals surface area contributed by atoms with Gasteiger partial charge in [-0.15, -0.1) is 0 Å². The first kappa shape index (κ1) is 23.6. The molecule has 1 saturated heterocycles. The Balaban J connectivity index is 2.16. The normalized spacial score (nSPS) is 22.4. The van der Waals surface area contributed by atoms with Crippen LogP contribution in [0.15, 0.2) is 48.5 Å². The first-order chi connectivity index (χ1) is 14.8. The molecule has 1 fully saturated rings. The first-order valence-corrected chi connectivity index (χ1v) is 11.3. The van der Waals surface area contributed by atoms with Crippen molar-refractivity contribution in [1.29, 1.82) is 0 Å². The van der Waals surface area contributed by atoms with E-state index in [1.807, 2.05) is 37.3 Å². The molecule has 4 atom stereocenters. The predicted octanol–water partition coefficient (Wildman–Crippen LogP) is 5.30. The Kier molecular flexibility index (Phi) is 7.98. The second kappa shape index (κ2) is 10.5. The topological polar surface area (TPSA) is 77.8 Å². The molecule has 7 heteroatoms. The molecule has 1 amide bonds. The van der Waals surface area contributed by atoms with Crippen molar-refractivity contribution in [3.05, 3.63) is 69.7 Å². The second-order valence-corrected chi connectivity index (χ2v) is 8.93. The first-order valence-electron chi connectivity index (χ1n) is 10.5. The second-order valence-electron chi connectivity index (χ2n) is 8.06. The lowest BCUT2D eigenvalue weighted by Gasteiger charge is -2.48. The largest absolute Gasteiger partial charge is 0.481 e. The van der Waals surface area contributed by atoms with Gasteiger partial charge in [0.15, 0.2) is 0 Å². The van der Waals surface area contributed by atoms with Crippen LogP contribution < -0.4 is 0 Å². The number of carboxylic acids is 1. The molecule has 0 spiro atoms. The van der Waals surface area contributed by atoms with Crippen molar-refractivity contribution in [3.8, 4) is 0 Å². The molecule has 1 unspecified atom stereocenters. The number of hydrogen-bond acceptors (Lipinski definition) is 3. The van der Waals surface area contributed by atoms with Gasteiger partial charge in [0, 0.05) is 21.9 Å². The molecule has 2 aromatic rings. The Morgan fingerprint density at radius 3 is 2.42 bits per heavy atom. The van der Waals surface area contributed by atoms with E-state index in [9.17, 15) is 19.8 Å². The van der Waals surface area contributed by atoms with Gasteiger partial charge in [0.1, 0.15) is 0 Å². The van der Waals surface area contributed by atoms with E-state index in [0.717, 1.165) is 17.5 Å². The molecule has 1 aliphatic heterocycles. The van der Waals surface area contributed by atoms with E-state index < -0.39 is 17.9 Å². The standard InChI is InChI=1S/C24H27Cl2NO4/c1-2-4-20(14-28)27-23(15-7-9-18(25)10-8-15)21(16-5-3-6-19(26)11-16)12-17(24(27)31)13-22(29)30/h3,5-11,17,20-21,23,28H,2,4,12-14H2,1H3,(H,29,30)/t17-,20+,21?,23-/m1/s1. The number of carbonyl (C=O) groups excluding carboxylic acids is 1. The van der Waals surface area contributed by atoms with Gasteiger partial charge < -0.3 is 15.1 Å². The highest BCUT2D eigenvalue weighted by Gasteiger charge is 2.46. The monoisotopic (exact) mass is 463 g/mol. The number of aliphatic carboxylic acids is 1. The van der Waals surface area contributed by atoms with Gasteiger partial charge in [0.05, 0.1) is 25.1 Å². The number of benzene rings is 2. The quantitative estimate of drug-likeness (QED) is 0.556. The molecule has 0 aromatic heterocycles. The molecule has 2 aromatic carbocycles. The fourth-order valence-electron chi connectivity index (χ4n) is 4.63. The molecule has 1 aliphatic rings. The molecule has 0 radical (unpaired) electrons. The summed E-state index contributed by atoms with van der Waals surface area (Å²) < 4.78 is 0. The zero-order valence-electron chi connectivity index (χ0n) is 17.4. The molecular formula is C24H27Cl2NO4. The molecule has 0 aliphatic carbocycles. The number of aliphatic hydroxyl groups is 1. The van der Waals surface area contributed by atoms with Gasteiger partial charge in [-0.3, -0.25) is 9.59 Å². The smallest absolute Gasteiger partial charge is 0.304 e. The highest BCUT2D eigenvalue weighted by molar-refractivity contribution is 6.30. The Morgan fingerprint density at radius 2 is 1.84 bits per heavy atom. The third kappa shape index (κ3) is 5.40. The van der Waals surface area contributed by atoms with Crippen molar-refractivity contribution in [1.82, 2.24) is 4.90 Å². The minimum atomic E-state index is -1.01. The maximum absolute atomic E-state index is 13.5. The van der Waals surface area contributed by atoms with Crippen molar-refractivity contribution in [2.45, 2.75) is 50.6 Å². The van der Waals surface area contributed by atoms with Crippen LogP contribution in [-0.2, 0) is 9.59 Å². The van der Waals surface area contributed by atoms with Crippen molar-refractivity contribution in [3.63, 3.8) is 0 Å². The van der Waals surface area contributed by atoms with E-state index in [1.165, 1.54) is 0 Å². The molecule has 3 rings (SSSR count). The average molecular weight is 464 g/mol. The van der Waals surface area contributed by atoms with Crippen LogP contribution in [0.25, 0.3) is 0 Å². The lowest BCUT2D eigenvalue weighted by molar-refractivity contribution is -0.153. The molecule has 166 valence electrons. The minimum Gasteiger partial charge on any atom is -0.481 e. The number of likely N-dealkylation sites (tertiary alicyclic amines) is 1. The van der Waals surface area contributed by atoms with Crippen LogP contribution in [0, 0.1) is 5.92 Å². The molecule has 0 bridgehead atoms. The zero-order chi connectivity index (χ0) is 22.5. The van der Waals surface area contributed by atoms with Crippen LogP contribution in [0.3, 0.4) is 0 Å². The Morgan fingerprint density at radius 1 is 1.13 bits per heavy atom. The number of rotatable bonds is 8. The van der Waals surface area contributed by atoms with Gasteiger partial charge in [0.2, 0.25) is 5.91 Å². The number of aliphatic hydroxyl groups excluding tert-OH is 1. The summed E-state index contributed by atoms with van der Waals surface area (Å²) in [6.07, 6.45) is 1.55. The van der Waals surface area contributed by atoms with E-state index in [2.05, 4.69) is 0 Å². The fourth-order valence-corrected chi connectivity index (χ4v) is 4.95. The summed E-state index contributed by atoms with van der Waals surface area (Å²) in [6.45, 7) is 1.81. The van der Waals surface area contributed by atoms with Crippen LogP contribution in [0.2, 0.25) is 10.0 Å². The van der Waals surface area contributed by atoms with Crippen LogP contribution in [0.5, 0.6) is 0 Å². The summed E-state index contributed by atoms with van der Waals surface area (Å²) >= 11 is 12.4. The van der Waals surface area contributed by atoms with Crippen LogP contribution in [-0.4, -0.2) is 39.6 Å². The number of carboxylic acid groups (broad SMARTS) is 1. The highest BCUT2D eigenvalue weighted by atomic mass is 35.5. The molecular weight excluding hydrogens is 437 g/mol. The number of piperidine rings is 1. The van der Waals surface area contributed by atoms with Crippen molar-refractivity contribution in [2.75, 3.05) is 6.61 Å². The average Bonchev–Trinajstić information content (AvgIpc) is 2.74. The lowest BCUT2D eigenvalue weighted by atomic mass is 9.74. The molecule has 5 nitrogen and oxygen atoms in total. The summed E-state index contributed by atoms with van der Waals surface area (Å²) in [5, 5.41) is 20.8. The summed E-state index contributed by atoms with van der Waals surface area (Å²) in [7, 11) is 0. The summed E-state index contributed by atoms with van der Waals surface area (Å²) in [4.78, 5) is 26.8. The number of carbonyl (C=O) groups is 2. The number of hydrogen-bond donors (Lipinski definition) is 2. The number of nitrogens with zero attached hydrogens (tertiary/aromatic N) is 1. The van der Waals surface area contributed by atoms with Crippen LogP contribution >= 0.6 is 23.2 Å². The number of halogens is 2. The van der Waals surface area contributed by atoms with Gasteiger partial charge in [-0.25, -0.2) is 0 Å². The molecule has 31 heavy (non-hydrogen) atoms. The van der Waals surface area contributed by atoms with E-state index in [-0.39, 0.29) is 30.9 Å². The van der Waals surface area contributed by atoms with Crippen molar-refractivity contribution in [2.24, 2.45) is 5.92 Å². The van der Waals surface area contributed by atoms with Gasteiger partial charge in [-0.1, -0.05) is 60.8 Å². The van der Waals surface area contributed by atoms with Gasteiger partial charge >= 0.3 is 5.97 Å². The molecule has 1 heterocycles. The highest BCUT2D eigenvalue weighted by Crippen LogP contribution is 2.47. The summed E-state index contributed by atoms with van der Waals surface area (Å²) in [5.41, 5.74) is 1.83. The summed E-state index contributed by atoms with van der Waals surface area (Å²) in [5.74, 6) is -2.08. The van der Waals surface area contributed by atoms with Crippen molar-refractivity contribution >= 4 is 35.1 Å². The predicted molar refractivity (Wildman–Crippen MR) is 121 cm³/mol. The third-order valence-electron chi connectivity index (χ3n) is 5.96. The minimum absolute atomic E-state index is 0.173. The third-order valence-corrected chi connectivity index (χ3v) is 6.45. The Hall–Kier alpha value is -2.08. The van der Waals surface area contributed by atoms with E-state index in [0.29, 0.717) is 22.9 Å². The van der Waals surface area contributed by atoms with E-state index in [4.69, 9.17) is 23.2 Å². The van der Waals surface area contributed by atoms with Crippen LogP contribution in [0.1, 0.15) is 55.7 Å². The maximum Gasteiger partial charge on any atom is 0.304 e. The fraction of sp³-hybridized carbons (Fsp3) is 0.417. The summed E-state index contributed by atoms with van der Waals surface area (Å²) in [6, 6.07) is 14.1. The van der Waals surface area contributed by atoms with E-state index in [1.54, 1.807) is 23.1 Å². The maximum atomic E-state index is 13.5.